The average molecular weight is 402 g/mol. The molecule has 4 aromatic carbocycles. The molecule has 1 heterocycles. The number of aromatic nitrogens is 2. The van der Waals surface area contributed by atoms with Crippen molar-refractivity contribution in [2.75, 3.05) is 0 Å². The number of aliphatic imine (C=N–C) groups is 1. The molecule has 31 heavy (non-hydrogen) atoms. The van der Waals surface area contributed by atoms with Crippen LogP contribution in [-0.2, 0) is 7.05 Å². The summed E-state index contributed by atoms with van der Waals surface area (Å²) in [6.45, 7) is 2.07. The lowest BCUT2D eigenvalue weighted by Crippen LogP contribution is -1.97. The van der Waals surface area contributed by atoms with Crippen molar-refractivity contribution >= 4 is 22.9 Å². The minimum atomic E-state index is 0.832. The lowest BCUT2D eigenvalue weighted by molar-refractivity contribution is 0.935. The highest BCUT2D eigenvalue weighted by atomic mass is 15.1. The number of imidazole rings is 1. The van der Waals surface area contributed by atoms with Gasteiger partial charge in [0.1, 0.15) is 0 Å². The minimum absolute atomic E-state index is 0.832. The first kappa shape index (κ1) is 19.0. The van der Waals surface area contributed by atoms with Crippen LogP contribution in [0.15, 0.2) is 102 Å². The van der Waals surface area contributed by atoms with Gasteiger partial charge in [0, 0.05) is 18.2 Å². The van der Waals surface area contributed by atoms with Crippen LogP contribution in [-0.4, -0.2) is 15.8 Å². The predicted molar refractivity (Wildman–Crippen MR) is 130 cm³/mol. The molecule has 0 fully saturated rings. The van der Waals surface area contributed by atoms with Crippen molar-refractivity contribution < 1.29 is 0 Å². The van der Waals surface area contributed by atoms with Crippen LogP contribution in [0.25, 0.3) is 33.3 Å². The first-order valence-electron chi connectivity index (χ1n) is 10.4. The number of hydrogen-bond donors (Lipinski definition) is 0. The van der Waals surface area contributed by atoms with E-state index in [0.717, 1.165) is 39.2 Å². The molecule has 0 bridgehead atoms. The summed E-state index contributed by atoms with van der Waals surface area (Å²) in [7, 11) is 2.07. The van der Waals surface area contributed by atoms with Crippen molar-refractivity contribution in [3.05, 3.63) is 108 Å². The number of benzene rings is 4. The van der Waals surface area contributed by atoms with E-state index in [-0.39, 0.29) is 0 Å². The van der Waals surface area contributed by atoms with Gasteiger partial charge in [0.05, 0.1) is 22.9 Å². The number of aryl methyl sites for hydroxylation is 2. The van der Waals surface area contributed by atoms with E-state index in [0.29, 0.717) is 0 Å². The second kappa shape index (κ2) is 8.04. The average Bonchev–Trinajstić information content (AvgIpc) is 3.15. The van der Waals surface area contributed by atoms with Crippen molar-refractivity contribution in [1.82, 2.24) is 9.55 Å². The molecule has 0 aliphatic rings. The second-order valence-electron chi connectivity index (χ2n) is 7.66. The number of nitrogens with zero attached hydrogens (tertiary/aromatic N) is 3. The Labute approximate surface area is 182 Å². The Balaban J connectivity index is 1.73. The summed E-state index contributed by atoms with van der Waals surface area (Å²) in [6, 6.07) is 33.4. The van der Waals surface area contributed by atoms with E-state index in [1.807, 2.05) is 36.5 Å². The molecule has 0 unspecified atom stereocenters. The van der Waals surface area contributed by atoms with E-state index < -0.39 is 0 Å². The molecular formula is C28H23N3. The van der Waals surface area contributed by atoms with Crippen LogP contribution >= 0.6 is 0 Å². The van der Waals surface area contributed by atoms with Crippen molar-refractivity contribution in [3.63, 3.8) is 0 Å². The van der Waals surface area contributed by atoms with Crippen molar-refractivity contribution in [3.8, 4) is 22.3 Å². The van der Waals surface area contributed by atoms with E-state index in [1.54, 1.807) is 0 Å². The number of rotatable bonds is 4. The van der Waals surface area contributed by atoms with Crippen molar-refractivity contribution in [1.29, 1.82) is 0 Å². The molecule has 0 aliphatic heterocycles. The molecule has 0 atom stereocenters. The zero-order chi connectivity index (χ0) is 21.2. The Hall–Kier alpha value is -3.98. The molecule has 0 amide bonds. The zero-order valence-corrected chi connectivity index (χ0v) is 17.7. The molecule has 0 radical (unpaired) electrons. The van der Waals surface area contributed by atoms with Crippen LogP contribution < -0.4 is 0 Å². The Morgan fingerprint density at radius 2 is 1.29 bits per heavy atom. The molecule has 3 heteroatoms. The molecule has 0 aliphatic carbocycles. The van der Waals surface area contributed by atoms with Crippen LogP contribution in [0, 0.1) is 6.92 Å². The predicted octanol–water partition coefficient (Wildman–Crippen LogP) is 6.97. The fraction of sp³-hybridized carbons (Fsp3) is 0.0714. The largest absolute Gasteiger partial charge is 0.326 e. The van der Waals surface area contributed by atoms with Gasteiger partial charge in [0.15, 0.2) is 5.82 Å². The van der Waals surface area contributed by atoms with Gasteiger partial charge in [-0.3, -0.25) is 4.99 Å². The summed E-state index contributed by atoms with van der Waals surface area (Å²) in [4.78, 5) is 9.76. The molecule has 3 nitrogen and oxygen atoms in total. The Morgan fingerprint density at radius 1 is 0.710 bits per heavy atom. The molecule has 150 valence electrons. The number of hydrogen-bond acceptors (Lipinski definition) is 2. The van der Waals surface area contributed by atoms with E-state index in [2.05, 4.69) is 85.3 Å². The normalized spacial score (nSPS) is 11.4. The highest BCUT2D eigenvalue weighted by Crippen LogP contribution is 2.35. The van der Waals surface area contributed by atoms with Gasteiger partial charge >= 0.3 is 0 Å². The third kappa shape index (κ3) is 3.55. The van der Waals surface area contributed by atoms with Gasteiger partial charge < -0.3 is 4.57 Å². The first-order chi connectivity index (χ1) is 15.2. The van der Waals surface area contributed by atoms with Crippen LogP contribution in [0.2, 0.25) is 0 Å². The fourth-order valence-electron chi connectivity index (χ4n) is 3.99. The topological polar surface area (TPSA) is 30.2 Å². The van der Waals surface area contributed by atoms with Crippen LogP contribution in [0.3, 0.4) is 0 Å². The quantitative estimate of drug-likeness (QED) is 0.299. The van der Waals surface area contributed by atoms with Gasteiger partial charge in [-0.25, -0.2) is 4.98 Å². The smallest absolute Gasteiger partial charge is 0.152 e. The minimum Gasteiger partial charge on any atom is -0.326 e. The Morgan fingerprint density at radius 3 is 1.97 bits per heavy atom. The maximum Gasteiger partial charge on any atom is 0.152 e. The van der Waals surface area contributed by atoms with E-state index in [4.69, 9.17) is 9.98 Å². The molecule has 1 aromatic heterocycles. The second-order valence-corrected chi connectivity index (χ2v) is 7.66. The standard InChI is InChI=1S/C28H23N3/c1-20-11-9-10-16-25(20)29-19-26-30-27-23(21-12-5-3-6-13-21)17-18-24(28(27)31(26)2)22-14-7-4-8-15-22/h3-19H,1-2H3/b29-19+. The molecular weight excluding hydrogens is 378 g/mol. The lowest BCUT2D eigenvalue weighted by atomic mass is 9.98. The number of para-hydroxylation sites is 1. The van der Waals surface area contributed by atoms with Gasteiger partial charge in [-0.05, 0) is 29.7 Å². The van der Waals surface area contributed by atoms with Crippen LogP contribution in [0.1, 0.15) is 11.4 Å². The lowest BCUT2D eigenvalue weighted by Gasteiger charge is -2.10. The Kier molecular flexibility index (Phi) is 4.93. The van der Waals surface area contributed by atoms with Gasteiger partial charge in [-0.2, -0.15) is 0 Å². The summed E-state index contributed by atoms with van der Waals surface area (Å²) in [5.41, 5.74) is 8.83. The highest BCUT2D eigenvalue weighted by molar-refractivity contribution is 6.03. The molecule has 0 saturated heterocycles. The zero-order valence-electron chi connectivity index (χ0n) is 17.7. The van der Waals surface area contributed by atoms with E-state index in [1.165, 1.54) is 11.1 Å². The monoisotopic (exact) mass is 401 g/mol. The summed E-state index contributed by atoms with van der Waals surface area (Å²) >= 11 is 0. The maximum absolute atomic E-state index is 5.03. The fourth-order valence-corrected chi connectivity index (χ4v) is 3.99. The van der Waals surface area contributed by atoms with Crippen LogP contribution in [0.4, 0.5) is 5.69 Å². The summed E-state index contributed by atoms with van der Waals surface area (Å²) in [5.74, 6) is 0.832. The molecule has 5 aromatic rings. The highest BCUT2D eigenvalue weighted by Gasteiger charge is 2.16. The van der Waals surface area contributed by atoms with Gasteiger partial charge in [-0.1, -0.05) is 91.0 Å². The van der Waals surface area contributed by atoms with Gasteiger partial charge in [-0.15, -0.1) is 0 Å². The SMILES string of the molecule is Cc1ccccc1/N=C/c1nc2c(-c3ccccc3)ccc(-c3ccccc3)c2n1C. The molecule has 0 N–H and O–H groups in total. The maximum atomic E-state index is 5.03. The summed E-state index contributed by atoms with van der Waals surface area (Å²) in [5, 5.41) is 0. The van der Waals surface area contributed by atoms with E-state index in [9.17, 15) is 0 Å². The van der Waals surface area contributed by atoms with Crippen molar-refractivity contribution in [2.24, 2.45) is 12.0 Å². The first-order valence-corrected chi connectivity index (χ1v) is 10.4. The molecule has 0 spiro atoms. The Bertz CT molecular complexity index is 1380. The molecule has 0 saturated carbocycles. The molecule has 5 rings (SSSR count). The third-order valence-corrected chi connectivity index (χ3v) is 5.66. The van der Waals surface area contributed by atoms with Crippen LogP contribution in [0.5, 0.6) is 0 Å². The van der Waals surface area contributed by atoms with Crippen molar-refractivity contribution in [2.45, 2.75) is 6.92 Å². The van der Waals surface area contributed by atoms with E-state index >= 15 is 0 Å². The van der Waals surface area contributed by atoms with Gasteiger partial charge in [0.2, 0.25) is 0 Å². The van der Waals surface area contributed by atoms with Gasteiger partial charge in [0.25, 0.3) is 0 Å². The third-order valence-electron chi connectivity index (χ3n) is 5.66. The number of fused-ring (bicyclic) bond motifs is 1. The summed E-state index contributed by atoms with van der Waals surface area (Å²) < 4.78 is 2.14. The summed E-state index contributed by atoms with van der Waals surface area (Å²) in [6.07, 6.45) is 1.87.